The van der Waals surface area contributed by atoms with Crippen LogP contribution in [0.25, 0.3) is 0 Å². The van der Waals surface area contributed by atoms with Crippen molar-refractivity contribution in [1.82, 2.24) is 4.90 Å². The maximum Gasteiger partial charge on any atom is 0.257 e. The van der Waals surface area contributed by atoms with Gasteiger partial charge in [-0.1, -0.05) is 12.1 Å². The fourth-order valence-corrected chi connectivity index (χ4v) is 1.80. The highest BCUT2D eigenvalue weighted by atomic mass is 35.5. The fourth-order valence-electron chi connectivity index (χ4n) is 1.60. The van der Waals surface area contributed by atoms with Gasteiger partial charge in [0.05, 0.1) is 12.2 Å². The molecule has 1 amide bonds. The molecule has 0 N–H and O–H groups in total. The van der Waals surface area contributed by atoms with Gasteiger partial charge in [-0.15, -0.1) is 11.6 Å². The molecule has 0 aromatic heterocycles. The van der Waals surface area contributed by atoms with Crippen molar-refractivity contribution in [3.8, 4) is 5.75 Å². The molecule has 0 bridgehead atoms. The zero-order valence-electron chi connectivity index (χ0n) is 10.3. The highest BCUT2D eigenvalue weighted by Gasteiger charge is 2.17. The Morgan fingerprint density at radius 3 is 2.65 bits per heavy atom. The van der Waals surface area contributed by atoms with E-state index in [-0.39, 0.29) is 5.91 Å². The lowest BCUT2D eigenvalue weighted by molar-refractivity contribution is 0.0770. The van der Waals surface area contributed by atoms with E-state index in [1.807, 2.05) is 32.0 Å². The Morgan fingerprint density at radius 1 is 1.35 bits per heavy atom. The maximum atomic E-state index is 12.2. The summed E-state index contributed by atoms with van der Waals surface area (Å²) in [6, 6.07) is 7.29. The summed E-state index contributed by atoms with van der Waals surface area (Å²) in [4.78, 5) is 14.0. The quantitative estimate of drug-likeness (QED) is 0.732. The van der Waals surface area contributed by atoms with E-state index in [4.69, 9.17) is 16.3 Å². The van der Waals surface area contributed by atoms with E-state index in [0.717, 1.165) is 0 Å². The third-order valence-electron chi connectivity index (χ3n) is 2.44. The zero-order chi connectivity index (χ0) is 12.7. The van der Waals surface area contributed by atoms with E-state index in [0.29, 0.717) is 36.9 Å². The van der Waals surface area contributed by atoms with Crippen LogP contribution >= 0.6 is 11.6 Å². The number of hydrogen-bond acceptors (Lipinski definition) is 2. The Bertz CT molecular complexity index is 368. The molecular formula is C13H18ClNO2. The molecule has 3 nitrogen and oxygen atoms in total. The second-order valence-electron chi connectivity index (χ2n) is 3.50. The number of carbonyl (C=O) groups excluding carboxylic acids is 1. The third kappa shape index (κ3) is 3.63. The van der Waals surface area contributed by atoms with Crippen LogP contribution in [0.2, 0.25) is 0 Å². The number of rotatable bonds is 6. The summed E-state index contributed by atoms with van der Waals surface area (Å²) in [6.07, 6.45) is 0. The maximum absolute atomic E-state index is 12.2. The highest BCUT2D eigenvalue weighted by molar-refractivity contribution is 6.18. The molecule has 94 valence electrons. The summed E-state index contributed by atoms with van der Waals surface area (Å²) in [5, 5.41) is 0. The number of ether oxygens (including phenoxy) is 1. The molecule has 0 radical (unpaired) electrons. The Labute approximate surface area is 107 Å². The van der Waals surface area contributed by atoms with Crippen molar-refractivity contribution in [2.45, 2.75) is 13.8 Å². The van der Waals surface area contributed by atoms with Gasteiger partial charge in [0.1, 0.15) is 5.75 Å². The van der Waals surface area contributed by atoms with Crippen molar-refractivity contribution in [3.63, 3.8) is 0 Å². The molecule has 0 aliphatic carbocycles. The van der Waals surface area contributed by atoms with Crippen LogP contribution in [0, 0.1) is 0 Å². The SMILES string of the molecule is CCOc1ccccc1C(=O)N(CC)CCCl. The first-order valence-corrected chi connectivity index (χ1v) is 6.35. The molecule has 4 heteroatoms. The standard InChI is InChI=1S/C13H18ClNO2/c1-3-15(10-9-14)13(16)11-7-5-6-8-12(11)17-4-2/h5-8H,3-4,9-10H2,1-2H3. The van der Waals surface area contributed by atoms with Gasteiger partial charge in [0.2, 0.25) is 0 Å². The first-order valence-electron chi connectivity index (χ1n) is 5.81. The monoisotopic (exact) mass is 255 g/mol. The lowest BCUT2D eigenvalue weighted by Crippen LogP contribution is -2.32. The summed E-state index contributed by atoms with van der Waals surface area (Å²) < 4.78 is 5.45. The van der Waals surface area contributed by atoms with E-state index in [1.54, 1.807) is 11.0 Å². The molecule has 0 spiro atoms. The first-order chi connectivity index (χ1) is 8.24. The molecule has 1 rings (SSSR count). The van der Waals surface area contributed by atoms with Crippen LogP contribution in [0.15, 0.2) is 24.3 Å². The van der Waals surface area contributed by atoms with Crippen molar-refractivity contribution in [2.75, 3.05) is 25.6 Å². The van der Waals surface area contributed by atoms with Crippen LogP contribution in [0.4, 0.5) is 0 Å². The molecule has 1 aromatic carbocycles. The van der Waals surface area contributed by atoms with E-state index >= 15 is 0 Å². The lowest BCUT2D eigenvalue weighted by Gasteiger charge is -2.21. The molecular weight excluding hydrogens is 238 g/mol. The zero-order valence-corrected chi connectivity index (χ0v) is 11.0. The molecule has 0 fully saturated rings. The summed E-state index contributed by atoms with van der Waals surface area (Å²) in [6.45, 7) is 5.58. The largest absolute Gasteiger partial charge is 0.493 e. The third-order valence-corrected chi connectivity index (χ3v) is 2.61. The van der Waals surface area contributed by atoms with Gasteiger partial charge in [0.15, 0.2) is 0 Å². The van der Waals surface area contributed by atoms with Gasteiger partial charge in [-0.2, -0.15) is 0 Å². The van der Waals surface area contributed by atoms with Crippen molar-refractivity contribution < 1.29 is 9.53 Å². The van der Waals surface area contributed by atoms with Crippen molar-refractivity contribution in [1.29, 1.82) is 0 Å². The Hall–Kier alpha value is -1.22. The van der Waals surface area contributed by atoms with Gasteiger partial charge in [-0.3, -0.25) is 4.79 Å². The lowest BCUT2D eigenvalue weighted by atomic mass is 10.1. The van der Waals surface area contributed by atoms with Gasteiger partial charge < -0.3 is 9.64 Å². The van der Waals surface area contributed by atoms with Gasteiger partial charge in [0.25, 0.3) is 5.91 Å². The minimum Gasteiger partial charge on any atom is -0.493 e. The average Bonchev–Trinajstić information content (AvgIpc) is 2.36. The van der Waals surface area contributed by atoms with Crippen molar-refractivity contribution in [2.24, 2.45) is 0 Å². The molecule has 0 saturated heterocycles. The Balaban J connectivity index is 2.93. The second-order valence-corrected chi connectivity index (χ2v) is 3.88. The minimum absolute atomic E-state index is 0.0304. The highest BCUT2D eigenvalue weighted by Crippen LogP contribution is 2.19. The summed E-state index contributed by atoms with van der Waals surface area (Å²) in [5.74, 6) is 1.04. The normalized spacial score (nSPS) is 10.1. The second kappa shape index (κ2) is 7.17. The van der Waals surface area contributed by atoms with Crippen LogP contribution < -0.4 is 4.74 Å². The summed E-state index contributed by atoms with van der Waals surface area (Å²) >= 11 is 5.68. The number of halogens is 1. The van der Waals surface area contributed by atoms with E-state index in [2.05, 4.69) is 0 Å². The minimum atomic E-state index is -0.0304. The predicted octanol–water partition coefficient (Wildman–Crippen LogP) is 2.79. The van der Waals surface area contributed by atoms with Gasteiger partial charge >= 0.3 is 0 Å². The number of benzene rings is 1. The van der Waals surface area contributed by atoms with Crippen LogP contribution in [-0.2, 0) is 0 Å². The molecule has 0 aliphatic rings. The van der Waals surface area contributed by atoms with Crippen LogP contribution in [-0.4, -0.2) is 36.4 Å². The molecule has 0 heterocycles. The van der Waals surface area contributed by atoms with Crippen LogP contribution in [0.3, 0.4) is 0 Å². The predicted molar refractivity (Wildman–Crippen MR) is 69.9 cm³/mol. The average molecular weight is 256 g/mol. The van der Waals surface area contributed by atoms with Gasteiger partial charge in [0, 0.05) is 19.0 Å². The molecule has 0 saturated carbocycles. The van der Waals surface area contributed by atoms with Crippen molar-refractivity contribution in [3.05, 3.63) is 29.8 Å². The van der Waals surface area contributed by atoms with E-state index < -0.39 is 0 Å². The van der Waals surface area contributed by atoms with Crippen molar-refractivity contribution >= 4 is 17.5 Å². The van der Waals surface area contributed by atoms with E-state index in [1.165, 1.54) is 0 Å². The Kier molecular flexibility index (Phi) is 5.84. The first kappa shape index (κ1) is 13.8. The number of para-hydroxylation sites is 1. The molecule has 0 aliphatic heterocycles. The fraction of sp³-hybridized carbons (Fsp3) is 0.462. The number of carbonyl (C=O) groups is 1. The summed E-state index contributed by atoms with van der Waals surface area (Å²) in [7, 11) is 0. The molecule has 0 atom stereocenters. The number of amides is 1. The topological polar surface area (TPSA) is 29.5 Å². The number of hydrogen-bond donors (Lipinski definition) is 0. The smallest absolute Gasteiger partial charge is 0.257 e. The Morgan fingerprint density at radius 2 is 2.06 bits per heavy atom. The van der Waals surface area contributed by atoms with Gasteiger partial charge in [-0.05, 0) is 26.0 Å². The number of nitrogens with zero attached hydrogens (tertiary/aromatic N) is 1. The number of alkyl halides is 1. The van der Waals surface area contributed by atoms with Gasteiger partial charge in [-0.25, -0.2) is 0 Å². The molecule has 1 aromatic rings. The van der Waals surface area contributed by atoms with Crippen LogP contribution in [0.5, 0.6) is 5.75 Å². The molecule has 17 heavy (non-hydrogen) atoms. The molecule has 0 unspecified atom stereocenters. The van der Waals surface area contributed by atoms with Crippen LogP contribution in [0.1, 0.15) is 24.2 Å². The van der Waals surface area contributed by atoms with E-state index in [9.17, 15) is 4.79 Å². The summed E-state index contributed by atoms with van der Waals surface area (Å²) in [5.41, 5.74) is 0.598.